The van der Waals surface area contributed by atoms with E-state index in [0.29, 0.717) is 17.3 Å². The number of benzene rings is 2. The molecule has 0 aromatic heterocycles. The van der Waals surface area contributed by atoms with Crippen LogP contribution in [0, 0.1) is 12.3 Å². The van der Waals surface area contributed by atoms with E-state index in [1.165, 1.54) is 0 Å². The van der Waals surface area contributed by atoms with E-state index in [-0.39, 0.29) is 17.9 Å². The molecule has 1 N–H and O–H groups in total. The van der Waals surface area contributed by atoms with Crippen molar-refractivity contribution >= 4 is 29.1 Å². The van der Waals surface area contributed by atoms with Crippen LogP contribution < -0.4 is 5.32 Å². The van der Waals surface area contributed by atoms with Gasteiger partial charge in [-0.2, -0.15) is 0 Å². The number of nitrogens with zero attached hydrogens (tertiary/aromatic N) is 1. The summed E-state index contributed by atoms with van der Waals surface area (Å²) in [7, 11) is 0. The topological polar surface area (TPSA) is 49.4 Å². The molecule has 0 saturated carbocycles. The maximum Gasteiger partial charge on any atom is 0.239 e. The number of anilines is 1. The third-order valence-electron chi connectivity index (χ3n) is 4.70. The molecule has 0 aliphatic heterocycles. The zero-order valence-corrected chi connectivity index (χ0v) is 17.3. The molecule has 2 aromatic rings. The van der Waals surface area contributed by atoms with Gasteiger partial charge in [0.15, 0.2) is 0 Å². The molecule has 0 spiro atoms. The average Bonchev–Trinajstić information content (AvgIpc) is 2.63. The van der Waals surface area contributed by atoms with Gasteiger partial charge in [-0.1, -0.05) is 48.0 Å². The van der Waals surface area contributed by atoms with E-state index in [0.717, 1.165) is 11.1 Å². The Hall–Kier alpha value is -2.33. The monoisotopic (exact) mass is 386 g/mol. The predicted octanol–water partition coefficient (Wildman–Crippen LogP) is 5.05. The lowest BCUT2D eigenvalue weighted by Crippen LogP contribution is -2.49. The van der Waals surface area contributed by atoms with Gasteiger partial charge in [0.05, 0.1) is 0 Å². The molecule has 27 heavy (non-hydrogen) atoms. The van der Waals surface area contributed by atoms with Crippen molar-refractivity contribution in [1.82, 2.24) is 4.90 Å². The first-order valence-corrected chi connectivity index (χ1v) is 9.44. The van der Waals surface area contributed by atoms with Gasteiger partial charge in [-0.3, -0.25) is 9.59 Å². The Kier molecular flexibility index (Phi) is 6.66. The normalized spacial score (nSPS) is 11.4. The molecule has 0 unspecified atom stereocenters. The molecule has 144 valence electrons. The summed E-state index contributed by atoms with van der Waals surface area (Å²) in [6.07, 6.45) is 0. The average molecular weight is 387 g/mol. The molecular weight excluding hydrogens is 360 g/mol. The van der Waals surface area contributed by atoms with E-state index < -0.39 is 5.41 Å². The summed E-state index contributed by atoms with van der Waals surface area (Å²) in [6, 6.07) is 15.1. The summed E-state index contributed by atoms with van der Waals surface area (Å²) >= 11 is 6.13. The molecule has 0 atom stereocenters. The van der Waals surface area contributed by atoms with Crippen LogP contribution in [0.1, 0.15) is 38.8 Å². The van der Waals surface area contributed by atoms with E-state index in [4.69, 9.17) is 11.6 Å². The molecule has 0 bridgehead atoms. The highest BCUT2D eigenvalue weighted by Gasteiger charge is 2.40. The van der Waals surface area contributed by atoms with Crippen LogP contribution in [0.15, 0.2) is 48.5 Å². The number of amides is 2. The van der Waals surface area contributed by atoms with Gasteiger partial charge >= 0.3 is 0 Å². The summed E-state index contributed by atoms with van der Waals surface area (Å²) in [5, 5.41) is 3.43. The van der Waals surface area contributed by atoms with Crippen LogP contribution in [-0.2, 0) is 16.1 Å². The molecule has 4 nitrogen and oxygen atoms in total. The van der Waals surface area contributed by atoms with E-state index in [1.54, 1.807) is 36.9 Å². The van der Waals surface area contributed by atoms with Crippen molar-refractivity contribution in [2.45, 2.75) is 47.2 Å². The van der Waals surface area contributed by atoms with E-state index in [2.05, 4.69) is 5.32 Å². The number of nitrogens with one attached hydrogen (secondary N) is 1. The molecule has 0 aliphatic carbocycles. The summed E-state index contributed by atoms with van der Waals surface area (Å²) in [5.74, 6) is -0.560. The van der Waals surface area contributed by atoms with Gasteiger partial charge in [-0.25, -0.2) is 0 Å². The Labute approximate surface area is 166 Å². The van der Waals surface area contributed by atoms with Gasteiger partial charge in [0.2, 0.25) is 11.8 Å². The van der Waals surface area contributed by atoms with Crippen molar-refractivity contribution in [1.29, 1.82) is 0 Å². The summed E-state index contributed by atoms with van der Waals surface area (Å²) in [5.41, 5.74) is 1.21. The van der Waals surface area contributed by atoms with Gasteiger partial charge in [-0.05, 0) is 57.9 Å². The van der Waals surface area contributed by atoms with Gasteiger partial charge < -0.3 is 10.2 Å². The number of hydrogen-bond donors (Lipinski definition) is 1. The van der Waals surface area contributed by atoms with Crippen molar-refractivity contribution in [3.63, 3.8) is 0 Å². The van der Waals surface area contributed by atoms with Crippen LogP contribution in [0.5, 0.6) is 0 Å². The fourth-order valence-electron chi connectivity index (χ4n) is 2.75. The highest BCUT2D eigenvalue weighted by Crippen LogP contribution is 2.28. The second kappa shape index (κ2) is 8.57. The molecule has 2 rings (SSSR count). The minimum Gasteiger partial charge on any atom is -0.335 e. The molecule has 0 radical (unpaired) electrons. The molecule has 5 heteroatoms. The lowest BCUT2D eigenvalue weighted by atomic mass is 9.89. The first kappa shape index (κ1) is 21.0. The maximum atomic E-state index is 13.2. The number of rotatable bonds is 6. The zero-order chi connectivity index (χ0) is 20.2. The molecular formula is C22H27ClN2O2. The van der Waals surface area contributed by atoms with Crippen molar-refractivity contribution in [3.8, 4) is 0 Å². The Balaban J connectivity index is 2.22. The largest absolute Gasteiger partial charge is 0.335 e. The summed E-state index contributed by atoms with van der Waals surface area (Å²) in [6.45, 7) is 9.52. The molecule has 2 aromatic carbocycles. The Morgan fingerprint density at radius 3 is 2.30 bits per heavy atom. The zero-order valence-electron chi connectivity index (χ0n) is 16.5. The van der Waals surface area contributed by atoms with Crippen molar-refractivity contribution < 1.29 is 9.59 Å². The Morgan fingerprint density at radius 1 is 1.07 bits per heavy atom. The van der Waals surface area contributed by atoms with Gasteiger partial charge in [0.1, 0.15) is 5.41 Å². The lowest BCUT2D eigenvalue weighted by Gasteiger charge is -2.34. The highest BCUT2D eigenvalue weighted by molar-refractivity contribution is 6.31. The van der Waals surface area contributed by atoms with Crippen LogP contribution >= 0.6 is 11.6 Å². The minimum absolute atomic E-state index is 0.0299. The van der Waals surface area contributed by atoms with Crippen LogP contribution in [0.2, 0.25) is 5.02 Å². The van der Waals surface area contributed by atoms with Gasteiger partial charge in [0.25, 0.3) is 0 Å². The number of hydrogen-bond acceptors (Lipinski definition) is 2. The van der Waals surface area contributed by atoms with Gasteiger partial charge in [-0.15, -0.1) is 0 Å². The van der Waals surface area contributed by atoms with Crippen molar-refractivity contribution in [2.24, 2.45) is 5.41 Å². The van der Waals surface area contributed by atoms with Crippen LogP contribution in [0.3, 0.4) is 0 Å². The number of carbonyl (C=O) groups excluding carboxylic acids is 2. The second-order valence-corrected chi connectivity index (χ2v) is 7.91. The maximum absolute atomic E-state index is 13.2. The smallest absolute Gasteiger partial charge is 0.239 e. The SMILES string of the molecule is Cc1c(Cl)cccc1NC(=O)C(C)(C)C(=O)N(Cc1ccccc1)C(C)C. The van der Waals surface area contributed by atoms with Crippen molar-refractivity contribution in [3.05, 3.63) is 64.7 Å². The third kappa shape index (κ3) is 4.89. The van der Waals surface area contributed by atoms with Crippen LogP contribution in [-0.4, -0.2) is 22.8 Å². The first-order valence-electron chi connectivity index (χ1n) is 9.06. The molecule has 0 saturated heterocycles. The molecule has 2 amide bonds. The highest BCUT2D eigenvalue weighted by atomic mass is 35.5. The summed E-state index contributed by atoms with van der Waals surface area (Å²) < 4.78 is 0. The number of halogens is 1. The first-order chi connectivity index (χ1) is 12.6. The fraction of sp³-hybridized carbons (Fsp3) is 0.364. The lowest BCUT2D eigenvalue weighted by molar-refractivity contribution is -0.148. The van der Waals surface area contributed by atoms with Gasteiger partial charge in [0, 0.05) is 23.3 Å². The van der Waals surface area contributed by atoms with Crippen LogP contribution in [0.25, 0.3) is 0 Å². The molecule has 0 fully saturated rings. The second-order valence-electron chi connectivity index (χ2n) is 7.50. The third-order valence-corrected chi connectivity index (χ3v) is 5.11. The fourth-order valence-corrected chi connectivity index (χ4v) is 2.92. The Bertz CT molecular complexity index is 816. The van der Waals surface area contributed by atoms with E-state index in [9.17, 15) is 9.59 Å². The molecule has 0 heterocycles. The van der Waals surface area contributed by atoms with Crippen LogP contribution in [0.4, 0.5) is 5.69 Å². The quantitative estimate of drug-likeness (QED) is 0.706. The van der Waals surface area contributed by atoms with E-state index in [1.807, 2.05) is 51.1 Å². The minimum atomic E-state index is -1.21. The predicted molar refractivity (Wildman–Crippen MR) is 111 cm³/mol. The van der Waals surface area contributed by atoms with Crippen molar-refractivity contribution in [2.75, 3.05) is 5.32 Å². The number of carbonyl (C=O) groups is 2. The standard InChI is InChI=1S/C22H27ClN2O2/c1-15(2)25(14-17-10-7-6-8-11-17)21(27)22(4,5)20(26)24-19-13-9-12-18(23)16(19)3/h6-13,15H,14H2,1-5H3,(H,24,26). The molecule has 0 aliphatic rings. The van der Waals surface area contributed by atoms with E-state index >= 15 is 0 Å². The summed E-state index contributed by atoms with van der Waals surface area (Å²) in [4.78, 5) is 27.9. The Morgan fingerprint density at radius 2 is 1.70 bits per heavy atom.